The summed E-state index contributed by atoms with van der Waals surface area (Å²) in [5.41, 5.74) is 10.2. The first kappa shape index (κ1) is 34.4. The molecule has 47 heavy (non-hydrogen) atoms. The van der Waals surface area contributed by atoms with Crippen LogP contribution in [0.5, 0.6) is 0 Å². The van der Waals surface area contributed by atoms with Crippen molar-refractivity contribution in [2.75, 3.05) is 0 Å². The maximum Gasteiger partial charge on any atom is 0 e. The molecule has 0 unspecified atom stereocenters. The van der Waals surface area contributed by atoms with E-state index in [0.29, 0.717) is 5.92 Å². The number of hydrogen-bond acceptors (Lipinski definition) is 3. The summed E-state index contributed by atoms with van der Waals surface area (Å²) in [5, 5.41) is 2.05. The first-order valence-electron chi connectivity index (χ1n) is 15.6. The summed E-state index contributed by atoms with van der Waals surface area (Å²) in [7, 11) is 0. The fraction of sp³-hybridized carbons (Fsp3) is 0.171. The van der Waals surface area contributed by atoms with E-state index < -0.39 is 13.3 Å². The first-order chi connectivity index (χ1) is 22.1. The van der Waals surface area contributed by atoms with Crippen LogP contribution in [0.15, 0.2) is 114 Å². The maximum absolute atomic E-state index is 13.3. The Kier molecular flexibility index (Phi) is 10.6. The number of furan rings is 1. The molecular weight excluding hydrogens is 820 g/mol. The summed E-state index contributed by atoms with van der Waals surface area (Å²) in [4.78, 5) is 9.13. The van der Waals surface area contributed by atoms with Crippen LogP contribution in [0.4, 0.5) is 4.39 Å². The van der Waals surface area contributed by atoms with E-state index in [-0.39, 0.29) is 25.9 Å². The largest absolute Gasteiger partial charge is 0 e. The quantitative estimate of drug-likeness (QED) is 0.128. The molecule has 1 radical (unpaired) electrons. The van der Waals surface area contributed by atoms with Gasteiger partial charge in [0.2, 0.25) is 0 Å². The van der Waals surface area contributed by atoms with Crippen molar-refractivity contribution in [2.24, 2.45) is 0 Å². The predicted octanol–water partition coefficient (Wildman–Crippen LogP) is 10.8. The fourth-order valence-electron chi connectivity index (χ4n) is 5.69. The van der Waals surface area contributed by atoms with Crippen LogP contribution in [0.2, 0.25) is 17.3 Å². The van der Waals surface area contributed by atoms with Crippen LogP contribution < -0.4 is 4.40 Å². The minimum atomic E-state index is -1.77. The Morgan fingerprint density at radius 3 is 2.15 bits per heavy atom. The second kappa shape index (κ2) is 14.5. The standard InChI is InChI=1S/C26H19FNO.C15H18GeN.Ir/c1-16(2)18-11-12-28-24(15-18)20-6-10-26-23(14-20)22-13-19(5-9-25(22)29-26)17-3-7-21(27)8-4-17;1-12-10-15(13-8-6-5-7-9-13)17-11-14(12)16(2,3)4;/h3-5,7-16H,1-2H3;5-8,10-11H,1-4H3;/q2*-1;. The summed E-state index contributed by atoms with van der Waals surface area (Å²) in [6, 6.07) is 37.5. The molecule has 0 fully saturated rings. The molecule has 0 bridgehead atoms. The zero-order chi connectivity index (χ0) is 32.4. The summed E-state index contributed by atoms with van der Waals surface area (Å²) in [6.45, 7) is 6.54. The molecule has 4 aromatic carbocycles. The van der Waals surface area contributed by atoms with Gasteiger partial charge in [-0.05, 0) is 53.1 Å². The predicted molar refractivity (Wildman–Crippen MR) is 191 cm³/mol. The second-order valence-corrected chi connectivity index (χ2v) is 23.6. The number of pyridine rings is 2. The molecule has 7 aromatic rings. The van der Waals surface area contributed by atoms with Gasteiger partial charge in [0, 0.05) is 31.7 Å². The van der Waals surface area contributed by atoms with Crippen LogP contribution in [-0.2, 0) is 20.1 Å². The Labute approximate surface area is 293 Å². The zero-order valence-electron chi connectivity index (χ0n) is 27.5. The number of aromatic nitrogens is 2. The van der Waals surface area contributed by atoms with E-state index in [0.717, 1.165) is 55.6 Å². The van der Waals surface area contributed by atoms with Gasteiger partial charge < -0.3 is 9.40 Å². The van der Waals surface area contributed by atoms with Crippen molar-refractivity contribution in [3.8, 4) is 33.6 Å². The maximum atomic E-state index is 13.3. The smallest absolute Gasteiger partial charge is 0 e. The van der Waals surface area contributed by atoms with Gasteiger partial charge in [-0.1, -0.05) is 49.1 Å². The molecule has 0 saturated carbocycles. The van der Waals surface area contributed by atoms with Gasteiger partial charge in [0.05, 0.1) is 5.58 Å². The van der Waals surface area contributed by atoms with E-state index in [2.05, 4.69) is 103 Å². The van der Waals surface area contributed by atoms with Crippen molar-refractivity contribution in [1.82, 2.24) is 9.97 Å². The molecule has 0 amide bonds. The van der Waals surface area contributed by atoms with Gasteiger partial charge in [-0.3, -0.25) is 0 Å². The summed E-state index contributed by atoms with van der Waals surface area (Å²) in [6.07, 6.45) is 3.92. The average Bonchev–Trinajstić information content (AvgIpc) is 3.42. The summed E-state index contributed by atoms with van der Waals surface area (Å²) < 4.78 is 20.8. The van der Waals surface area contributed by atoms with Crippen molar-refractivity contribution < 1.29 is 28.9 Å². The van der Waals surface area contributed by atoms with Gasteiger partial charge in [0.15, 0.2) is 0 Å². The fourth-order valence-corrected chi connectivity index (χ4v) is 9.27. The number of benzene rings is 4. The van der Waals surface area contributed by atoms with E-state index in [1.165, 1.54) is 27.7 Å². The van der Waals surface area contributed by atoms with E-state index in [1.807, 2.05) is 42.6 Å². The molecule has 0 aliphatic heterocycles. The Morgan fingerprint density at radius 2 is 1.47 bits per heavy atom. The van der Waals surface area contributed by atoms with Gasteiger partial charge in [0.25, 0.3) is 0 Å². The van der Waals surface area contributed by atoms with Gasteiger partial charge in [-0.15, -0.1) is 23.8 Å². The van der Waals surface area contributed by atoms with Gasteiger partial charge in [-0.25, -0.2) is 4.39 Å². The number of hydrogen-bond donors (Lipinski definition) is 0. The Hall–Kier alpha value is -3.90. The summed E-state index contributed by atoms with van der Waals surface area (Å²) in [5.74, 6) is 7.41. The van der Waals surface area contributed by atoms with E-state index in [4.69, 9.17) is 4.42 Å². The molecule has 0 aliphatic carbocycles. The summed E-state index contributed by atoms with van der Waals surface area (Å²) >= 11 is -1.77. The molecule has 3 nitrogen and oxygen atoms in total. The molecule has 7 rings (SSSR count). The van der Waals surface area contributed by atoms with Crippen LogP contribution in [0.1, 0.15) is 30.9 Å². The van der Waals surface area contributed by atoms with E-state index in [1.54, 1.807) is 12.1 Å². The molecular formula is C41H37FGeIrN2O-2. The van der Waals surface area contributed by atoms with Crippen LogP contribution >= 0.6 is 0 Å². The van der Waals surface area contributed by atoms with Gasteiger partial charge >= 0.3 is 106 Å². The third-order valence-electron chi connectivity index (χ3n) is 8.21. The van der Waals surface area contributed by atoms with Crippen molar-refractivity contribution in [3.63, 3.8) is 0 Å². The van der Waals surface area contributed by atoms with Crippen molar-refractivity contribution >= 4 is 39.6 Å². The monoisotopic (exact) mass is 859 g/mol. The third kappa shape index (κ3) is 7.81. The third-order valence-corrected chi connectivity index (χ3v) is 12.7. The van der Waals surface area contributed by atoms with Gasteiger partial charge in [0.1, 0.15) is 11.4 Å². The molecule has 0 spiro atoms. The molecule has 0 aliphatic rings. The Morgan fingerprint density at radius 1 is 0.745 bits per heavy atom. The molecule has 239 valence electrons. The van der Waals surface area contributed by atoms with Crippen LogP contribution in [0.25, 0.3) is 55.6 Å². The average molecular weight is 858 g/mol. The van der Waals surface area contributed by atoms with E-state index >= 15 is 0 Å². The van der Waals surface area contributed by atoms with Crippen LogP contribution in [0.3, 0.4) is 0 Å². The van der Waals surface area contributed by atoms with Crippen molar-refractivity contribution in [2.45, 2.75) is 44.0 Å². The number of aryl methyl sites for hydroxylation is 1. The number of fused-ring (bicyclic) bond motifs is 3. The molecule has 3 heterocycles. The topological polar surface area (TPSA) is 38.9 Å². The molecule has 0 N–H and O–H groups in total. The first-order valence-corrected chi connectivity index (χ1v) is 23.0. The number of nitrogens with zero attached hydrogens (tertiary/aromatic N) is 2. The zero-order valence-corrected chi connectivity index (χ0v) is 32.0. The number of halogens is 1. The van der Waals surface area contributed by atoms with E-state index in [9.17, 15) is 4.39 Å². The second-order valence-electron chi connectivity index (χ2n) is 13.0. The minimum Gasteiger partial charge on any atom is 0 e. The Balaban J connectivity index is 0.000000207. The molecule has 0 saturated heterocycles. The molecule has 0 atom stereocenters. The number of rotatable bonds is 5. The minimum absolute atomic E-state index is 0. The van der Waals surface area contributed by atoms with Crippen molar-refractivity contribution in [3.05, 3.63) is 139 Å². The van der Waals surface area contributed by atoms with Gasteiger partial charge in [-0.2, -0.15) is 0 Å². The SMILES string of the molecule is CC(C)c1ccnc(-c2[c-]cc3oc4ccc(-c5ccc(F)cc5)cc4c3c2)c1.Cc1cc(-c2[c-]cccc2)nc[c]1[Ge]([CH3])([CH3])[CH3].[Ir]. The van der Waals surface area contributed by atoms with Crippen molar-refractivity contribution in [1.29, 1.82) is 0 Å². The van der Waals surface area contributed by atoms with Crippen LogP contribution in [-0.4, -0.2) is 23.2 Å². The normalized spacial score (nSPS) is 11.3. The Bertz CT molecular complexity index is 2130. The molecule has 6 heteroatoms. The van der Waals surface area contributed by atoms with Crippen LogP contribution in [0, 0.1) is 24.9 Å². The molecule has 3 aromatic heterocycles.